The minimum atomic E-state index is -1.11. The fourth-order valence-electron chi connectivity index (χ4n) is 1.75. The number of aliphatic hydroxyl groups is 1. The molecule has 0 aliphatic carbocycles. The van der Waals surface area contributed by atoms with Crippen molar-refractivity contribution in [1.29, 1.82) is 0 Å². The van der Waals surface area contributed by atoms with Crippen LogP contribution in [0.3, 0.4) is 0 Å². The van der Waals surface area contributed by atoms with Gasteiger partial charge in [-0.2, -0.15) is 0 Å². The zero-order chi connectivity index (χ0) is 15.5. The van der Waals surface area contributed by atoms with Crippen molar-refractivity contribution in [3.05, 3.63) is 0 Å². The van der Waals surface area contributed by atoms with Crippen molar-refractivity contribution in [1.82, 2.24) is 5.32 Å². The van der Waals surface area contributed by atoms with E-state index in [1.807, 2.05) is 0 Å². The number of aliphatic hydroxyl groups excluding tert-OH is 1. The van der Waals surface area contributed by atoms with Gasteiger partial charge in [0.15, 0.2) is 0 Å². The number of hydrogen-bond donors (Lipinski definition) is 6. The van der Waals surface area contributed by atoms with Gasteiger partial charge in [-0.15, -0.1) is 0 Å². The van der Waals surface area contributed by atoms with E-state index in [0.717, 1.165) is 0 Å². The fraction of sp³-hybridized carbons (Fsp3) is 0.833. The molecule has 0 aromatic carbocycles. The third-order valence-corrected chi connectivity index (χ3v) is 2.98. The number of carboxylic acids is 2. The van der Waals surface area contributed by atoms with Crippen LogP contribution >= 0.6 is 0 Å². The van der Waals surface area contributed by atoms with E-state index in [9.17, 15) is 14.7 Å². The molecule has 0 spiro atoms. The number of carbonyl (C=O) groups is 2. The summed E-state index contributed by atoms with van der Waals surface area (Å²) < 4.78 is 0. The monoisotopic (exact) mass is 291 g/mol. The maximum Gasteiger partial charge on any atom is 0.323 e. The SMILES string of the molecule is NCCCC(O)C(NCCCCC(N)C(=O)O)C(=O)O. The van der Waals surface area contributed by atoms with Gasteiger partial charge in [0.05, 0.1) is 6.10 Å². The van der Waals surface area contributed by atoms with E-state index < -0.39 is 30.1 Å². The van der Waals surface area contributed by atoms with Crippen LogP contribution < -0.4 is 16.8 Å². The molecule has 0 saturated heterocycles. The molecular weight excluding hydrogens is 266 g/mol. The van der Waals surface area contributed by atoms with Gasteiger partial charge < -0.3 is 32.1 Å². The first-order chi connectivity index (χ1) is 9.40. The lowest BCUT2D eigenvalue weighted by atomic mass is 10.1. The molecule has 0 aliphatic heterocycles. The van der Waals surface area contributed by atoms with Crippen molar-refractivity contribution >= 4 is 11.9 Å². The molecule has 3 atom stereocenters. The standard InChI is InChI=1S/C12H25N3O5/c13-6-3-5-9(16)10(12(19)20)15-7-2-1-4-8(14)11(17)18/h8-10,15-16H,1-7,13-14H2,(H,17,18)(H,19,20). The van der Waals surface area contributed by atoms with E-state index in [1.165, 1.54) is 0 Å². The topological polar surface area (TPSA) is 159 Å². The first-order valence-corrected chi connectivity index (χ1v) is 6.72. The molecule has 0 aromatic heterocycles. The highest BCUT2D eigenvalue weighted by molar-refractivity contribution is 5.74. The van der Waals surface area contributed by atoms with Crippen LogP contribution in [0.25, 0.3) is 0 Å². The first kappa shape index (κ1) is 18.8. The second-order valence-electron chi connectivity index (χ2n) is 4.71. The Labute approximate surface area is 118 Å². The smallest absolute Gasteiger partial charge is 0.323 e. The third-order valence-electron chi connectivity index (χ3n) is 2.98. The van der Waals surface area contributed by atoms with Gasteiger partial charge in [0.1, 0.15) is 12.1 Å². The Hall–Kier alpha value is -1.22. The Kier molecular flexibility index (Phi) is 9.91. The Morgan fingerprint density at radius 2 is 1.70 bits per heavy atom. The summed E-state index contributed by atoms with van der Waals surface area (Å²) in [5.41, 5.74) is 10.7. The molecule has 8 heteroatoms. The number of nitrogens with one attached hydrogen (secondary N) is 1. The van der Waals surface area contributed by atoms with Crippen molar-refractivity contribution in [2.45, 2.75) is 50.3 Å². The van der Waals surface area contributed by atoms with Crippen LogP contribution in [0.5, 0.6) is 0 Å². The van der Waals surface area contributed by atoms with E-state index in [2.05, 4.69) is 5.32 Å². The summed E-state index contributed by atoms with van der Waals surface area (Å²) in [6, 6.07) is -1.92. The van der Waals surface area contributed by atoms with Crippen molar-refractivity contribution < 1.29 is 24.9 Å². The molecule has 118 valence electrons. The molecule has 0 aliphatic rings. The highest BCUT2D eigenvalue weighted by atomic mass is 16.4. The summed E-state index contributed by atoms with van der Waals surface area (Å²) >= 11 is 0. The number of hydrogen-bond acceptors (Lipinski definition) is 6. The average molecular weight is 291 g/mol. The Morgan fingerprint density at radius 3 is 2.20 bits per heavy atom. The van der Waals surface area contributed by atoms with Crippen molar-refractivity contribution in [2.24, 2.45) is 11.5 Å². The van der Waals surface area contributed by atoms with Crippen molar-refractivity contribution in [3.8, 4) is 0 Å². The fourth-order valence-corrected chi connectivity index (χ4v) is 1.75. The molecule has 0 heterocycles. The lowest BCUT2D eigenvalue weighted by molar-refractivity contribution is -0.142. The molecule has 0 saturated carbocycles. The minimum absolute atomic E-state index is 0.324. The van der Waals surface area contributed by atoms with Crippen LogP contribution in [-0.2, 0) is 9.59 Å². The van der Waals surface area contributed by atoms with E-state index in [0.29, 0.717) is 45.2 Å². The van der Waals surface area contributed by atoms with E-state index >= 15 is 0 Å². The van der Waals surface area contributed by atoms with Gasteiger partial charge in [0.25, 0.3) is 0 Å². The summed E-state index contributed by atoms with van der Waals surface area (Å²) in [6.07, 6.45) is 1.40. The summed E-state index contributed by atoms with van der Waals surface area (Å²) in [6.45, 7) is 0.777. The third kappa shape index (κ3) is 8.05. The molecule has 20 heavy (non-hydrogen) atoms. The minimum Gasteiger partial charge on any atom is -0.480 e. The van der Waals surface area contributed by atoms with Crippen LogP contribution in [0.1, 0.15) is 32.1 Å². The maximum absolute atomic E-state index is 11.0. The maximum atomic E-state index is 11.0. The van der Waals surface area contributed by atoms with Gasteiger partial charge in [-0.1, -0.05) is 6.42 Å². The molecule has 8 N–H and O–H groups in total. The van der Waals surface area contributed by atoms with Crippen LogP contribution in [0, 0.1) is 0 Å². The normalized spacial score (nSPS) is 15.6. The van der Waals surface area contributed by atoms with E-state index in [-0.39, 0.29) is 0 Å². The molecule has 8 nitrogen and oxygen atoms in total. The lowest BCUT2D eigenvalue weighted by Gasteiger charge is -2.20. The second-order valence-corrected chi connectivity index (χ2v) is 4.71. The van der Waals surface area contributed by atoms with Crippen molar-refractivity contribution in [3.63, 3.8) is 0 Å². The molecule has 0 rings (SSSR count). The predicted molar refractivity (Wildman–Crippen MR) is 73.2 cm³/mol. The molecule has 3 unspecified atom stereocenters. The second kappa shape index (κ2) is 10.6. The molecular formula is C12H25N3O5. The van der Waals surface area contributed by atoms with Gasteiger partial charge >= 0.3 is 11.9 Å². The van der Waals surface area contributed by atoms with Gasteiger partial charge in [0.2, 0.25) is 0 Å². The number of nitrogens with two attached hydrogens (primary N) is 2. The molecule has 0 bridgehead atoms. The Morgan fingerprint density at radius 1 is 1.05 bits per heavy atom. The quantitative estimate of drug-likeness (QED) is 0.242. The summed E-state index contributed by atoms with van der Waals surface area (Å²) in [4.78, 5) is 21.5. The number of rotatable bonds is 12. The van der Waals surface area contributed by atoms with Crippen molar-refractivity contribution in [2.75, 3.05) is 13.1 Å². The Bertz CT molecular complexity index is 301. The zero-order valence-corrected chi connectivity index (χ0v) is 11.5. The van der Waals surface area contributed by atoms with Crippen LogP contribution in [0.2, 0.25) is 0 Å². The Balaban J connectivity index is 3.92. The number of carboxylic acid groups (broad SMARTS) is 2. The number of unbranched alkanes of at least 4 members (excludes halogenated alkanes) is 1. The molecule has 0 amide bonds. The van der Waals surface area contributed by atoms with Crippen LogP contribution in [0.15, 0.2) is 0 Å². The highest BCUT2D eigenvalue weighted by Gasteiger charge is 2.25. The predicted octanol–water partition coefficient (Wildman–Crippen LogP) is -1.29. The highest BCUT2D eigenvalue weighted by Crippen LogP contribution is 2.04. The average Bonchev–Trinajstić information content (AvgIpc) is 2.39. The van der Waals surface area contributed by atoms with E-state index in [4.69, 9.17) is 21.7 Å². The first-order valence-electron chi connectivity index (χ1n) is 6.72. The van der Waals surface area contributed by atoms with Crippen LogP contribution in [0.4, 0.5) is 0 Å². The zero-order valence-electron chi connectivity index (χ0n) is 11.5. The molecule has 0 fully saturated rings. The van der Waals surface area contributed by atoms with Gasteiger partial charge in [-0.25, -0.2) is 0 Å². The largest absolute Gasteiger partial charge is 0.480 e. The molecule has 0 radical (unpaired) electrons. The summed E-state index contributed by atoms with van der Waals surface area (Å²) in [5, 5.41) is 30.1. The van der Waals surface area contributed by atoms with Crippen LogP contribution in [-0.4, -0.2) is 58.5 Å². The molecule has 0 aromatic rings. The lowest BCUT2D eigenvalue weighted by Crippen LogP contribution is -2.46. The van der Waals surface area contributed by atoms with Gasteiger partial charge in [-0.3, -0.25) is 9.59 Å². The van der Waals surface area contributed by atoms with E-state index in [1.54, 1.807) is 0 Å². The van der Waals surface area contributed by atoms with Gasteiger partial charge in [0, 0.05) is 0 Å². The summed E-state index contributed by atoms with van der Waals surface area (Å²) in [5.74, 6) is -2.16. The van der Waals surface area contributed by atoms with Gasteiger partial charge in [-0.05, 0) is 38.8 Å². The summed E-state index contributed by atoms with van der Waals surface area (Å²) in [7, 11) is 0. The number of aliphatic carboxylic acids is 2.